The molecule has 0 aromatic heterocycles. The lowest BCUT2D eigenvalue weighted by Gasteiger charge is -2.18. The Balaban J connectivity index is 2.57. The zero-order valence-corrected chi connectivity index (χ0v) is 12.1. The standard InChI is InChI=1S/C14H20N2OS/c1-5-10-6-8-11(9-7-10)15-13(18)16-12(17)14(2,3)4/h6-9H,5H2,1-4H3,(H2,15,16,17,18). The largest absolute Gasteiger partial charge is 0.332 e. The van der Waals surface area contributed by atoms with Gasteiger partial charge in [0.2, 0.25) is 5.91 Å². The molecule has 0 saturated carbocycles. The second-order valence-electron chi connectivity index (χ2n) is 5.21. The van der Waals surface area contributed by atoms with Gasteiger partial charge in [-0.3, -0.25) is 4.79 Å². The minimum Gasteiger partial charge on any atom is -0.332 e. The lowest BCUT2D eigenvalue weighted by molar-refractivity contribution is -0.126. The quantitative estimate of drug-likeness (QED) is 0.806. The lowest BCUT2D eigenvalue weighted by atomic mass is 9.96. The normalized spacial score (nSPS) is 10.9. The van der Waals surface area contributed by atoms with Crippen LogP contribution in [0.3, 0.4) is 0 Å². The number of carbonyl (C=O) groups excluding carboxylic acids is 1. The first-order valence-corrected chi connectivity index (χ1v) is 6.45. The summed E-state index contributed by atoms with van der Waals surface area (Å²) in [5.74, 6) is -0.0924. The summed E-state index contributed by atoms with van der Waals surface area (Å²) in [6.45, 7) is 7.65. The van der Waals surface area contributed by atoms with Crippen molar-refractivity contribution in [1.29, 1.82) is 0 Å². The van der Waals surface area contributed by atoms with E-state index in [0.717, 1.165) is 12.1 Å². The number of carbonyl (C=O) groups is 1. The SMILES string of the molecule is CCc1ccc(NC(=S)NC(=O)C(C)(C)C)cc1. The molecule has 0 radical (unpaired) electrons. The summed E-state index contributed by atoms with van der Waals surface area (Å²) in [7, 11) is 0. The number of thiocarbonyl (C=S) groups is 1. The number of hydrogen-bond donors (Lipinski definition) is 2. The van der Waals surface area contributed by atoms with Crippen molar-refractivity contribution in [2.75, 3.05) is 5.32 Å². The van der Waals surface area contributed by atoms with Crippen molar-refractivity contribution in [3.63, 3.8) is 0 Å². The van der Waals surface area contributed by atoms with Crippen LogP contribution in [0.15, 0.2) is 24.3 Å². The molecule has 0 fully saturated rings. The van der Waals surface area contributed by atoms with Gasteiger partial charge in [-0.2, -0.15) is 0 Å². The Morgan fingerprint density at radius 1 is 1.22 bits per heavy atom. The van der Waals surface area contributed by atoms with Crippen LogP contribution in [0.4, 0.5) is 5.69 Å². The van der Waals surface area contributed by atoms with Gasteiger partial charge in [0.25, 0.3) is 0 Å². The summed E-state index contributed by atoms with van der Waals surface area (Å²) < 4.78 is 0. The van der Waals surface area contributed by atoms with Crippen molar-refractivity contribution >= 4 is 28.9 Å². The molecule has 0 aliphatic rings. The molecule has 18 heavy (non-hydrogen) atoms. The van der Waals surface area contributed by atoms with Gasteiger partial charge in [0.05, 0.1) is 0 Å². The van der Waals surface area contributed by atoms with E-state index >= 15 is 0 Å². The summed E-state index contributed by atoms with van der Waals surface area (Å²) >= 11 is 5.10. The highest BCUT2D eigenvalue weighted by molar-refractivity contribution is 7.80. The summed E-state index contributed by atoms with van der Waals surface area (Å²) in [6.07, 6.45) is 1.01. The monoisotopic (exact) mass is 264 g/mol. The Morgan fingerprint density at radius 3 is 2.22 bits per heavy atom. The highest BCUT2D eigenvalue weighted by atomic mass is 32.1. The van der Waals surface area contributed by atoms with Crippen molar-refractivity contribution in [2.45, 2.75) is 34.1 Å². The number of aryl methyl sites for hydroxylation is 1. The van der Waals surface area contributed by atoms with Gasteiger partial charge in [-0.15, -0.1) is 0 Å². The van der Waals surface area contributed by atoms with E-state index in [1.165, 1.54) is 5.56 Å². The van der Waals surface area contributed by atoms with E-state index < -0.39 is 5.41 Å². The number of amides is 1. The predicted octanol–water partition coefficient (Wildman–Crippen LogP) is 3.11. The van der Waals surface area contributed by atoms with Gasteiger partial charge in [-0.05, 0) is 36.3 Å². The third-order valence-corrected chi connectivity index (χ3v) is 2.73. The second-order valence-corrected chi connectivity index (χ2v) is 5.62. The van der Waals surface area contributed by atoms with Crippen LogP contribution in [0, 0.1) is 5.41 Å². The molecule has 0 aliphatic carbocycles. The third kappa shape index (κ3) is 4.45. The number of benzene rings is 1. The highest BCUT2D eigenvalue weighted by Crippen LogP contribution is 2.13. The fourth-order valence-electron chi connectivity index (χ4n) is 1.28. The third-order valence-electron chi connectivity index (χ3n) is 2.53. The molecular weight excluding hydrogens is 244 g/mol. The van der Waals surface area contributed by atoms with Crippen LogP contribution in [0.25, 0.3) is 0 Å². The van der Waals surface area contributed by atoms with Crippen LogP contribution in [0.1, 0.15) is 33.3 Å². The highest BCUT2D eigenvalue weighted by Gasteiger charge is 2.21. The number of nitrogens with one attached hydrogen (secondary N) is 2. The van der Waals surface area contributed by atoms with E-state index in [-0.39, 0.29) is 5.91 Å². The average molecular weight is 264 g/mol. The molecule has 0 atom stereocenters. The topological polar surface area (TPSA) is 41.1 Å². The first kappa shape index (κ1) is 14.6. The predicted molar refractivity (Wildman–Crippen MR) is 79.6 cm³/mol. The minimum atomic E-state index is -0.447. The Labute approximate surface area is 114 Å². The zero-order chi connectivity index (χ0) is 13.8. The molecule has 0 bridgehead atoms. The summed E-state index contributed by atoms with van der Waals surface area (Å²) in [5, 5.41) is 6.01. The van der Waals surface area contributed by atoms with Gasteiger partial charge in [-0.25, -0.2) is 0 Å². The number of anilines is 1. The maximum absolute atomic E-state index is 11.7. The molecule has 98 valence electrons. The zero-order valence-electron chi connectivity index (χ0n) is 11.3. The molecule has 1 aromatic carbocycles. The first-order chi connectivity index (χ1) is 8.32. The van der Waals surface area contributed by atoms with Gasteiger partial charge in [0, 0.05) is 11.1 Å². The molecule has 1 rings (SSSR count). The van der Waals surface area contributed by atoms with Crippen molar-refractivity contribution in [2.24, 2.45) is 5.41 Å². The summed E-state index contributed by atoms with van der Waals surface area (Å²) in [6, 6.07) is 7.98. The molecule has 0 spiro atoms. The van der Waals surface area contributed by atoms with Crippen LogP contribution in [-0.2, 0) is 11.2 Å². The van der Waals surface area contributed by atoms with Gasteiger partial charge < -0.3 is 10.6 Å². The lowest BCUT2D eigenvalue weighted by Crippen LogP contribution is -2.41. The molecule has 1 amide bonds. The Bertz CT molecular complexity index is 432. The van der Waals surface area contributed by atoms with Crippen molar-refractivity contribution in [3.05, 3.63) is 29.8 Å². The minimum absolute atomic E-state index is 0.0924. The second kappa shape index (κ2) is 5.96. The van der Waals surface area contributed by atoms with E-state index in [4.69, 9.17) is 12.2 Å². The molecule has 1 aromatic rings. The van der Waals surface area contributed by atoms with E-state index in [1.54, 1.807) is 0 Å². The van der Waals surface area contributed by atoms with Crippen LogP contribution < -0.4 is 10.6 Å². The molecule has 4 heteroatoms. The Morgan fingerprint density at radius 2 is 1.78 bits per heavy atom. The summed E-state index contributed by atoms with van der Waals surface area (Å²) in [5.41, 5.74) is 1.70. The molecule has 3 nitrogen and oxygen atoms in total. The van der Waals surface area contributed by atoms with Gasteiger partial charge in [0.1, 0.15) is 0 Å². The number of hydrogen-bond acceptors (Lipinski definition) is 2. The first-order valence-electron chi connectivity index (χ1n) is 6.04. The smallest absolute Gasteiger partial charge is 0.231 e. The van der Waals surface area contributed by atoms with E-state index in [1.807, 2.05) is 45.0 Å². The maximum atomic E-state index is 11.7. The molecular formula is C14H20N2OS. The fourth-order valence-corrected chi connectivity index (χ4v) is 1.49. The van der Waals surface area contributed by atoms with E-state index in [0.29, 0.717) is 5.11 Å². The van der Waals surface area contributed by atoms with Gasteiger partial charge in [-0.1, -0.05) is 39.8 Å². The molecule has 0 heterocycles. The fraction of sp³-hybridized carbons (Fsp3) is 0.429. The molecule has 0 saturated heterocycles. The van der Waals surface area contributed by atoms with Crippen molar-refractivity contribution < 1.29 is 4.79 Å². The van der Waals surface area contributed by atoms with Crippen LogP contribution in [-0.4, -0.2) is 11.0 Å². The molecule has 2 N–H and O–H groups in total. The van der Waals surface area contributed by atoms with Gasteiger partial charge >= 0.3 is 0 Å². The van der Waals surface area contributed by atoms with Crippen molar-refractivity contribution in [3.8, 4) is 0 Å². The molecule has 0 unspecified atom stereocenters. The summed E-state index contributed by atoms with van der Waals surface area (Å²) in [4.78, 5) is 11.7. The van der Waals surface area contributed by atoms with E-state index in [9.17, 15) is 4.79 Å². The molecule has 0 aliphatic heterocycles. The maximum Gasteiger partial charge on any atom is 0.231 e. The van der Waals surface area contributed by atoms with Crippen LogP contribution in [0.5, 0.6) is 0 Å². The van der Waals surface area contributed by atoms with Crippen LogP contribution in [0.2, 0.25) is 0 Å². The average Bonchev–Trinajstić information content (AvgIpc) is 2.28. The van der Waals surface area contributed by atoms with E-state index in [2.05, 4.69) is 17.6 Å². The van der Waals surface area contributed by atoms with Crippen molar-refractivity contribution in [1.82, 2.24) is 5.32 Å². The Kier molecular flexibility index (Phi) is 4.84. The number of rotatable bonds is 2. The Hall–Kier alpha value is -1.42. The van der Waals surface area contributed by atoms with Crippen LogP contribution >= 0.6 is 12.2 Å². The van der Waals surface area contributed by atoms with Gasteiger partial charge in [0.15, 0.2) is 5.11 Å².